The maximum absolute atomic E-state index is 12.4. The Morgan fingerprint density at radius 3 is 2.67 bits per heavy atom. The van der Waals surface area contributed by atoms with Gasteiger partial charge in [0.2, 0.25) is 5.91 Å². The highest BCUT2D eigenvalue weighted by Crippen LogP contribution is 2.30. The lowest BCUT2D eigenvalue weighted by atomic mass is 10.1. The molecule has 0 radical (unpaired) electrons. The molecular formula is C18H15N3O3. The monoisotopic (exact) mass is 321 g/mol. The van der Waals surface area contributed by atoms with Crippen molar-refractivity contribution in [3.8, 4) is 0 Å². The van der Waals surface area contributed by atoms with Crippen molar-refractivity contribution in [1.29, 1.82) is 0 Å². The SMILES string of the molecule is O=C(Nc1cccc2ccccc12)c1coc(NC(=O)C2CC2)n1. The molecule has 6 nitrogen and oxygen atoms in total. The van der Waals surface area contributed by atoms with Gasteiger partial charge in [-0.1, -0.05) is 36.4 Å². The van der Waals surface area contributed by atoms with Gasteiger partial charge in [-0.3, -0.25) is 14.9 Å². The van der Waals surface area contributed by atoms with Gasteiger partial charge in [0.25, 0.3) is 5.91 Å². The number of benzene rings is 2. The lowest BCUT2D eigenvalue weighted by Crippen LogP contribution is -2.15. The zero-order chi connectivity index (χ0) is 16.5. The van der Waals surface area contributed by atoms with Crippen molar-refractivity contribution >= 4 is 34.3 Å². The molecular weight excluding hydrogens is 306 g/mol. The van der Waals surface area contributed by atoms with Crippen LogP contribution in [0.5, 0.6) is 0 Å². The third kappa shape index (κ3) is 2.86. The third-order valence-corrected chi connectivity index (χ3v) is 3.95. The van der Waals surface area contributed by atoms with E-state index in [1.165, 1.54) is 6.26 Å². The summed E-state index contributed by atoms with van der Waals surface area (Å²) in [6.07, 6.45) is 3.02. The summed E-state index contributed by atoms with van der Waals surface area (Å²) in [5.41, 5.74) is 0.818. The first kappa shape index (κ1) is 14.4. The van der Waals surface area contributed by atoms with Crippen molar-refractivity contribution in [3.05, 3.63) is 54.4 Å². The van der Waals surface area contributed by atoms with Crippen LogP contribution in [0.4, 0.5) is 11.7 Å². The summed E-state index contributed by atoms with van der Waals surface area (Å²) in [5, 5.41) is 7.38. The number of anilines is 2. The van der Waals surface area contributed by atoms with Crippen LogP contribution in [0.2, 0.25) is 0 Å². The quantitative estimate of drug-likeness (QED) is 0.771. The number of nitrogens with one attached hydrogen (secondary N) is 2. The van der Waals surface area contributed by atoms with Crippen molar-refractivity contribution in [2.45, 2.75) is 12.8 Å². The molecule has 1 fully saturated rings. The number of fused-ring (bicyclic) bond motifs is 1. The molecule has 0 atom stereocenters. The molecule has 4 rings (SSSR count). The number of carbonyl (C=O) groups is 2. The fourth-order valence-corrected chi connectivity index (χ4v) is 2.51. The molecule has 0 bridgehead atoms. The number of oxazole rings is 1. The minimum atomic E-state index is -0.387. The molecule has 1 aliphatic rings. The van der Waals surface area contributed by atoms with E-state index in [2.05, 4.69) is 15.6 Å². The molecule has 1 heterocycles. The molecule has 1 saturated carbocycles. The molecule has 0 unspecified atom stereocenters. The van der Waals surface area contributed by atoms with E-state index < -0.39 is 0 Å². The van der Waals surface area contributed by atoms with E-state index in [9.17, 15) is 9.59 Å². The van der Waals surface area contributed by atoms with Gasteiger partial charge in [0.1, 0.15) is 6.26 Å². The van der Waals surface area contributed by atoms with E-state index in [1.54, 1.807) is 0 Å². The van der Waals surface area contributed by atoms with Crippen LogP contribution in [-0.4, -0.2) is 16.8 Å². The number of aromatic nitrogens is 1. The molecule has 0 aliphatic heterocycles. The maximum atomic E-state index is 12.4. The normalized spacial score (nSPS) is 13.7. The van der Waals surface area contributed by atoms with Crippen molar-refractivity contribution in [1.82, 2.24) is 4.98 Å². The van der Waals surface area contributed by atoms with Gasteiger partial charge in [0, 0.05) is 17.0 Å². The molecule has 120 valence electrons. The fraction of sp³-hybridized carbons (Fsp3) is 0.167. The first-order valence-electron chi connectivity index (χ1n) is 7.76. The second kappa shape index (κ2) is 5.81. The largest absolute Gasteiger partial charge is 0.431 e. The Labute approximate surface area is 137 Å². The van der Waals surface area contributed by atoms with Gasteiger partial charge < -0.3 is 9.73 Å². The van der Waals surface area contributed by atoms with Crippen LogP contribution in [0.25, 0.3) is 10.8 Å². The van der Waals surface area contributed by atoms with Gasteiger partial charge in [-0.25, -0.2) is 0 Å². The van der Waals surface area contributed by atoms with Crippen LogP contribution in [0.1, 0.15) is 23.3 Å². The predicted molar refractivity (Wildman–Crippen MR) is 89.8 cm³/mol. The Bertz CT molecular complexity index is 923. The maximum Gasteiger partial charge on any atom is 0.302 e. The Kier molecular flexibility index (Phi) is 3.49. The van der Waals surface area contributed by atoms with Crippen LogP contribution in [0.3, 0.4) is 0 Å². The standard InChI is InChI=1S/C18H15N3O3/c22-16(12-8-9-12)21-18-20-15(10-24-18)17(23)19-14-7-3-5-11-4-1-2-6-13(11)14/h1-7,10,12H,8-9H2,(H,19,23)(H,20,21,22). The van der Waals surface area contributed by atoms with Gasteiger partial charge in [0.05, 0.1) is 0 Å². The van der Waals surface area contributed by atoms with E-state index in [0.29, 0.717) is 5.69 Å². The second-order valence-electron chi connectivity index (χ2n) is 5.78. The van der Waals surface area contributed by atoms with E-state index >= 15 is 0 Å². The summed E-state index contributed by atoms with van der Waals surface area (Å²) in [5.74, 6) is -0.454. The van der Waals surface area contributed by atoms with Gasteiger partial charge >= 0.3 is 6.01 Å². The predicted octanol–water partition coefficient (Wildman–Crippen LogP) is 3.43. The summed E-state index contributed by atoms with van der Waals surface area (Å²) in [6, 6.07) is 13.5. The highest BCUT2D eigenvalue weighted by atomic mass is 16.4. The summed E-state index contributed by atoms with van der Waals surface area (Å²) < 4.78 is 5.16. The summed E-state index contributed by atoms with van der Waals surface area (Å²) in [4.78, 5) is 28.1. The number of carbonyl (C=O) groups excluding carboxylic acids is 2. The first-order valence-corrected chi connectivity index (χ1v) is 7.76. The Balaban J connectivity index is 1.51. The zero-order valence-electron chi connectivity index (χ0n) is 12.8. The Morgan fingerprint density at radius 2 is 1.83 bits per heavy atom. The highest BCUT2D eigenvalue weighted by molar-refractivity contribution is 6.08. The minimum absolute atomic E-state index is 0.0462. The van der Waals surface area contributed by atoms with Crippen molar-refractivity contribution in [3.63, 3.8) is 0 Å². The van der Waals surface area contributed by atoms with Gasteiger partial charge in [-0.05, 0) is 24.3 Å². The van der Waals surface area contributed by atoms with Crippen LogP contribution in [0, 0.1) is 5.92 Å². The third-order valence-electron chi connectivity index (χ3n) is 3.95. The van der Waals surface area contributed by atoms with E-state index in [-0.39, 0.29) is 29.4 Å². The molecule has 2 aromatic carbocycles. The molecule has 0 saturated heterocycles. The molecule has 1 aromatic heterocycles. The molecule has 0 spiro atoms. The van der Waals surface area contributed by atoms with Crippen LogP contribution in [-0.2, 0) is 4.79 Å². The smallest absolute Gasteiger partial charge is 0.302 e. The van der Waals surface area contributed by atoms with Crippen LogP contribution >= 0.6 is 0 Å². The Morgan fingerprint density at radius 1 is 1.04 bits per heavy atom. The molecule has 2 N–H and O–H groups in total. The lowest BCUT2D eigenvalue weighted by Gasteiger charge is -2.07. The fourth-order valence-electron chi connectivity index (χ4n) is 2.51. The zero-order valence-corrected chi connectivity index (χ0v) is 12.8. The molecule has 3 aromatic rings. The van der Waals surface area contributed by atoms with Crippen molar-refractivity contribution in [2.75, 3.05) is 10.6 Å². The number of hydrogen-bond acceptors (Lipinski definition) is 4. The summed E-state index contributed by atoms with van der Waals surface area (Å²) >= 11 is 0. The highest BCUT2D eigenvalue weighted by Gasteiger charge is 2.30. The second-order valence-corrected chi connectivity index (χ2v) is 5.78. The average molecular weight is 321 g/mol. The Hall–Kier alpha value is -3.15. The molecule has 2 amide bonds. The van der Waals surface area contributed by atoms with E-state index in [0.717, 1.165) is 23.6 Å². The van der Waals surface area contributed by atoms with Gasteiger partial charge in [-0.2, -0.15) is 4.98 Å². The van der Waals surface area contributed by atoms with Crippen LogP contribution in [0.15, 0.2) is 53.1 Å². The van der Waals surface area contributed by atoms with E-state index in [1.807, 2.05) is 42.5 Å². The van der Waals surface area contributed by atoms with Gasteiger partial charge in [-0.15, -0.1) is 0 Å². The number of amides is 2. The number of nitrogens with zero attached hydrogens (tertiary/aromatic N) is 1. The molecule has 24 heavy (non-hydrogen) atoms. The molecule has 1 aliphatic carbocycles. The molecule has 6 heteroatoms. The number of hydrogen-bond donors (Lipinski definition) is 2. The van der Waals surface area contributed by atoms with E-state index in [4.69, 9.17) is 4.42 Å². The average Bonchev–Trinajstić information content (AvgIpc) is 3.35. The summed E-state index contributed by atoms with van der Waals surface area (Å²) in [6.45, 7) is 0. The topological polar surface area (TPSA) is 84.2 Å². The first-order chi connectivity index (χ1) is 11.7. The van der Waals surface area contributed by atoms with Crippen molar-refractivity contribution < 1.29 is 14.0 Å². The lowest BCUT2D eigenvalue weighted by molar-refractivity contribution is -0.117. The summed E-state index contributed by atoms with van der Waals surface area (Å²) in [7, 11) is 0. The van der Waals surface area contributed by atoms with Gasteiger partial charge in [0.15, 0.2) is 5.69 Å². The van der Waals surface area contributed by atoms with Crippen LogP contribution < -0.4 is 10.6 Å². The number of rotatable bonds is 4. The minimum Gasteiger partial charge on any atom is -0.431 e. The van der Waals surface area contributed by atoms with Crippen molar-refractivity contribution in [2.24, 2.45) is 5.92 Å².